The Balaban J connectivity index is 1.90. The van der Waals surface area contributed by atoms with Crippen LogP contribution in [0.15, 0.2) is 18.2 Å². The van der Waals surface area contributed by atoms with Crippen molar-refractivity contribution in [3.05, 3.63) is 34.9 Å². The van der Waals surface area contributed by atoms with Crippen molar-refractivity contribution in [3.63, 3.8) is 0 Å². The molecule has 0 aliphatic heterocycles. The van der Waals surface area contributed by atoms with Gasteiger partial charge in [-0.1, -0.05) is 32.0 Å². The molecule has 1 fully saturated rings. The molecule has 0 unspecified atom stereocenters. The van der Waals surface area contributed by atoms with Crippen LogP contribution in [-0.2, 0) is 6.42 Å². The van der Waals surface area contributed by atoms with E-state index >= 15 is 0 Å². The molecule has 0 aromatic heterocycles. The molecule has 1 aliphatic carbocycles. The molecular weight excluding hydrogens is 218 g/mol. The lowest BCUT2D eigenvalue weighted by molar-refractivity contribution is 0.432. The van der Waals surface area contributed by atoms with E-state index < -0.39 is 0 Å². The molecule has 0 radical (unpaired) electrons. The fourth-order valence-corrected chi connectivity index (χ4v) is 2.57. The molecule has 1 aromatic rings. The van der Waals surface area contributed by atoms with Gasteiger partial charge in [0.15, 0.2) is 0 Å². The lowest BCUT2D eigenvalue weighted by Gasteiger charge is -2.18. The third-order valence-electron chi connectivity index (χ3n) is 4.16. The van der Waals surface area contributed by atoms with Crippen molar-refractivity contribution < 1.29 is 0 Å². The average Bonchev–Trinajstić information content (AvgIpc) is 3.03. The second-order valence-corrected chi connectivity index (χ2v) is 6.62. The number of hydrogen-bond donors (Lipinski definition) is 1. The summed E-state index contributed by atoms with van der Waals surface area (Å²) in [5, 5.41) is 3.63. The summed E-state index contributed by atoms with van der Waals surface area (Å²) >= 11 is 0. The molecule has 1 nitrogen and oxygen atoms in total. The number of aryl methyl sites for hydroxylation is 2. The second-order valence-electron chi connectivity index (χ2n) is 6.62. The summed E-state index contributed by atoms with van der Waals surface area (Å²) in [6, 6.07) is 6.95. The summed E-state index contributed by atoms with van der Waals surface area (Å²) in [6.07, 6.45) is 4.04. The predicted octanol–water partition coefficient (Wildman–Crippen LogP) is 3.87. The normalized spacial score (nSPS) is 17.2. The Hall–Kier alpha value is -0.820. The van der Waals surface area contributed by atoms with E-state index in [-0.39, 0.29) is 0 Å². The molecule has 1 saturated carbocycles. The molecule has 2 rings (SSSR count). The monoisotopic (exact) mass is 245 g/mol. The van der Waals surface area contributed by atoms with Gasteiger partial charge in [0.1, 0.15) is 0 Å². The van der Waals surface area contributed by atoms with E-state index in [1.165, 1.54) is 42.5 Å². The molecule has 0 spiro atoms. The van der Waals surface area contributed by atoms with Crippen molar-refractivity contribution in [2.75, 3.05) is 13.1 Å². The molecule has 1 aromatic carbocycles. The predicted molar refractivity (Wildman–Crippen MR) is 79.0 cm³/mol. The van der Waals surface area contributed by atoms with Crippen LogP contribution in [0.25, 0.3) is 0 Å². The Bertz CT molecular complexity index is 402. The van der Waals surface area contributed by atoms with E-state index in [1.54, 1.807) is 0 Å². The van der Waals surface area contributed by atoms with Crippen molar-refractivity contribution in [2.45, 2.75) is 47.0 Å². The van der Waals surface area contributed by atoms with E-state index in [0.29, 0.717) is 5.41 Å². The molecule has 1 N–H and O–H groups in total. The maximum atomic E-state index is 3.63. The van der Waals surface area contributed by atoms with Gasteiger partial charge in [-0.25, -0.2) is 0 Å². The van der Waals surface area contributed by atoms with E-state index in [1.807, 2.05) is 0 Å². The van der Waals surface area contributed by atoms with Crippen molar-refractivity contribution in [2.24, 2.45) is 11.3 Å². The first-order valence-electron chi connectivity index (χ1n) is 7.28. The van der Waals surface area contributed by atoms with Crippen molar-refractivity contribution in [1.82, 2.24) is 5.32 Å². The van der Waals surface area contributed by atoms with Gasteiger partial charge >= 0.3 is 0 Å². The third kappa shape index (κ3) is 3.58. The standard InChI is InChI=1S/C17H27N/c1-13(2)11-18-12-17(7-8-17)10-16-6-5-14(3)15(4)9-16/h5-6,9,13,18H,7-8,10-12H2,1-4H3. The van der Waals surface area contributed by atoms with Crippen LogP contribution in [0.3, 0.4) is 0 Å². The van der Waals surface area contributed by atoms with E-state index in [2.05, 4.69) is 51.2 Å². The first-order valence-corrected chi connectivity index (χ1v) is 7.28. The lowest BCUT2D eigenvalue weighted by atomic mass is 9.94. The van der Waals surface area contributed by atoms with E-state index in [4.69, 9.17) is 0 Å². The van der Waals surface area contributed by atoms with Crippen molar-refractivity contribution in [1.29, 1.82) is 0 Å². The molecule has 0 heterocycles. The number of rotatable bonds is 6. The average molecular weight is 245 g/mol. The molecule has 100 valence electrons. The molecule has 18 heavy (non-hydrogen) atoms. The third-order valence-corrected chi connectivity index (χ3v) is 4.16. The van der Waals surface area contributed by atoms with Crippen molar-refractivity contribution >= 4 is 0 Å². The Morgan fingerprint density at radius 2 is 1.89 bits per heavy atom. The maximum Gasteiger partial charge on any atom is 0.00111 e. The van der Waals surface area contributed by atoms with Gasteiger partial charge in [0.2, 0.25) is 0 Å². The van der Waals surface area contributed by atoms with E-state index in [9.17, 15) is 0 Å². The van der Waals surface area contributed by atoms with Gasteiger partial charge in [-0.05, 0) is 67.7 Å². The maximum absolute atomic E-state index is 3.63. The zero-order valence-corrected chi connectivity index (χ0v) is 12.3. The summed E-state index contributed by atoms with van der Waals surface area (Å²) < 4.78 is 0. The quantitative estimate of drug-likeness (QED) is 0.802. The molecule has 1 aliphatic rings. The van der Waals surface area contributed by atoms with Gasteiger partial charge in [-0.2, -0.15) is 0 Å². The second kappa shape index (κ2) is 5.44. The van der Waals surface area contributed by atoms with Gasteiger partial charge in [0.05, 0.1) is 0 Å². The summed E-state index contributed by atoms with van der Waals surface area (Å²) in [6.45, 7) is 11.3. The zero-order valence-electron chi connectivity index (χ0n) is 12.3. The summed E-state index contributed by atoms with van der Waals surface area (Å²) in [7, 11) is 0. The first-order chi connectivity index (χ1) is 8.51. The highest BCUT2D eigenvalue weighted by atomic mass is 14.9. The smallest absolute Gasteiger partial charge is 0.00111 e. The summed E-state index contributed by atoms with van der Waals surface area (Å²) in [5.41, 5.74) is 4.92. The molecule has 0 saturated heterocycles. The van der Waals surface area contributed by atoms with Gasteiger partial charge in [0, 0.05) is 6.54 Å². The Kier molecular flexibility index (Phi) is 4.11. The van der Waals surface area contributed by atoms with Crippen molar-refractivity contribution in [3.8, 4) is 0 Å². The van der Waals surface area contributed by atoms with Crippen LogP contribution in [0.1, 0.15) is 43.4 Å². The summed E-state index contributed by atoms with van der Waals surface area (Å²) in [4.78, 5) is 0. The fourth-order valence-electron chi connectivity index (χ4n) is 2.57. The van der Waals surface area contributed by atoms with Crippen LogP contribution in [0.5, 0.6) is 0 Å². The molecule has 0 bridgehead atoms. The molecule has 0 amide bonds. The topological polar surface area (TPSA) is 12.0 Å². The summed E-state index contributed by atoms with van der Waals surface area (Å²) in [5.74, 6) is 0.752. The van der Waals surface area contributed by atoms with E-state index in [0.717, 1.165) is 12.5 Å². The highest BCUT2D eigenvalue weighted by Gasteiger charge is 2.41. The van der Waals surface area contributed by atoms with Crippen LogP contribution in [0.4, 0.5) is 0 Å². The van der Waals surface area contributed by atoms with Crippen LogP contribution < -0.4 is 5.32 Å². The molecule has 1 heteroatoms. The molecular formula is C17H27N. The lowest BCUT2D eigenvalue weighted by Crippen LogP contribution is -2.28. The highest BCUT2D eigenvalue weighted by molar-refractivity contribution is 5.31. The van der Waals surface area contributed by atoms with Crippen LogP contribution >= 0.6 is 0 Å². The number of benzene rings is 1. The number of nitrogens with one attached hydrogen (secondary N) is 1. The van der Waals surface area contributed by atoms with Crippen LogP contribution in [-0.4, -0.2) is 13.1 Å². The minimum Gasteiger partial charge on any atom is -0.316 e. The fraction of sp³-hybridized carbons (Fsp3) is 0.647. The van der Waals surface area contributed by atoms with Gasteiger partial charge < -0.3 is 5.32 Å². The Morgan fingerprint density at radius 3 is 2.44 bits per heavy atom. The van der Waals surface area contributed by atoms with Crippen LogP contribution in [0.2, 0.25) is 0 Å². The Labute approximate surface area is 112 Å². The minimum atomic E-state index is 0.566. The minimum absolute atomic E-state index is 0.566. The highest BCUT2D eigenvalue weighted by Crippen LogP contribution is 2.47. The largest absolute Gasteiger partial charge is 0.316 e. The van der Waals surface area contributed by atoms with Gasteiger partial charge in [0.25, 0.3) is 0 Å². The van der Waals surface area contributed by atoms with Gasteiger partial charge in [-0.3, -0.25) is 0 Å². The SMILES string of the molecule is Cc1ccc(CC2(CNCC(C)C)CC2)cc1C. The first kappa shape index (κ1) is 13.6. The van der Waals surface area contributed by atoms with Crippen LogP contribution in [0, 0.1) is 25.2 Å². The molecule has 0 atom stereocenters. The Morgan fingerprint density at radius 1 is 1.17 bits per heavy atom. The zero-order chi connectivity index (χ0) is 13.2. The number of hydrogen-bond acceptors (Lipinski definition) is 1. The van der Waals surface area contributed by atoms with Gasteiger partial charge in [-0.15, -0.1) is 0 Å².